The predicted octanol–water partition coefficient (Wildman–Crippen LogP) is 7.78. The molecule has 0 fully saturated rings. The van der Waals surface area contributed by atoms with E-state index in [0.717, 1.165) is 25.2 Å². The van der Waals surface area contributed by atoms with Crippen molar-refractivity contribution >= 4 is 11.6 Å². The third kappa shape index (κ3) is 4.51. The van der Waals surface area contributed by atoms with E-state index < -0.39 is 0 Å². The van der Waals surface area contributed by atoms with Crippen molar-refractivity contribution in [2.75, 3.05) is 6.61 Å². The second-order valence-electron chi connectivity index (χ2n) is 9.63. The number of hydrogen-bond donors (Lipinski definition) is 0. The molecule has 0 unspecified atom stereocenters. The molecule has 2 aromatic carbocycles. The van der Waals surface area contributed by atoms with Gasteiger partial charge in [0.2, 0.25) is 0 Å². The monoisotopic (exact) mass is 376 g/mol. The normalized spacial score (nSPS) is 17.9. The van der Waals surface area contributed by atoms with Gasteiger partial charge in [-0.2, -0.15) is 0 Å². The van der Waals surface area contributed by atoms with Crippen LogP contribution >= 0.6 is 0 Å². The van der Waals surface area contributed by atoms with E-state index in [1.807, 2.05) is 0 Å². The van der Waals surface area contributed by atoms with Crippen molar-refractivity contribution in [3.63, 3.8) is 0 Å². The van der Waals surface area contributed by atoms with Gasteiger partial charge in [-0.1, -0.05) is 77.4 Å². The summed E-state index contributed by atoms with van der Waals surface area (Å²) < 4.78 is 5.77. The van der Waals surface area contributed by atoms with Crippen LogP contribution in [0.15, 0.2) is 42.5 Å². The van der Waals surface area contributed by atoms with Crippen LogP contribution in [-0.2, 0) is 10.8 Å². The molecule has 0 heterocycles. The number of hydrogen-bond acceptors (Lipinski definition) is 1. The minimum absolute atomic E-state index is 0.249. The summed E-state index contributed by atoms with van der Waals surface area (Å²) in [5.74, 6) is 0.959. The largest absolute Gasteiger partial charge is 0.494 e. The van der Waals surface area contributed by atoms with Gasteiger partial charge in [0.05, 0.1) is 6.61 Å². The van der Waals surface area contributed by atoms with Crippen LogP contribution in [0.4, 0.5) is 0 Å². The highest BCUT2D eigenvalue weighted by molar-refractivity contribution is 5.80. The molecule has 1 aliphatic carbocycles. The van der Waals surface area contributed by atoms with E-state index in [0.29, 0.717) is 0 Å². The van der Waals surface area contributed by atoms with E-state index in [4.69, 9.17) is 4.74 Å². The van der Waals surface area contributed by atoms with Crippen LogP contribution in [0, 0.1) is 0 Å². The first-order chi connectivity index (χ1) is 13.2. The summed E-state index contributed by atoms with van der Waals surface area (Å²) in [6.45, 7) is 14.7. The Morgan fingerprint density at radius 3 is 2.21 bits per heavy atom. The smallest absolute Gasteiger partial charge is 0.119 e. The number of unbranched alkanes of at least 4 members (excludes halogenated alkanes) is 1. The molecular formula is C27H36O. The fraction of sp³-hybridized carbons (Fsp3) is 0.481. The zero-order valence-electron chi connectivity index (χ0n) is 18.6. The second kappa shape index (κ2) is 8.15. The Hall–Kier alpha value is -2.02. The van der Waals surface area contributed by atoms with Crippen molar-refractivity contribution in [1.82, 2.24) is 0 Å². The Kier molecular flexibility index (Phi) is 6.03. The van der Waals surface area contributed by atoms with Gasteiger partial charge in [-0.3, -0.25) is 0 Å². The van der Waals surface area contributed by atoms with Gasteiger partial charge in [-0.05, 0) is 77.0 Å². The predicted molar refractivity (Wildman–Crippen MR) is 122 cm³/mol. The summed E-state index contributed by atoms with van der Waals surface area (Å²) in [5, 5.41) is 0. The standard InChI is InChI=1S/C27H36O/c1-7-8-17-28-23-12-9-21(10-13-23)18-20(2)22-11-14-24-25(19-22)27(5,6)16-15-26(24,3)4/h9-14,18-19H,7-8,15-17H2,1-6H3/b20-18-. The fourth-order valence-electron chi connectivity index (χ4n) is 4.16. The molecular weight excluding hydrogens is 340 g/mol. The second-order valence-corrected chi connectivity index (χ2v) is 9.63. The van der Waals surface area contributed by atoms with Gasteiger partial charge in [-0.25, -0.2) is 0 Å². The molecule has 2 aromatic rings. The lowest BCUT2D eigenvalue weighted by Gasteiger charge is -2.42. The third-order valence-corrected chi connectivity index (χ3v) is 6.34. The first-order valence-corrected chi connectivity index (χ1v) is 10.8. The number of allylic oxidation sites excluding steroid dienone is 1. The van der Waals surface area contributed by atoms with Crippen molar-refractivity contribution < 1.29 is 4.74 Å². The van der Waals surface area contributed by atoms with Gasteiger partial charge >= 0.3 is 0 Å². The molecule has 0 atom stereocenters. The van der Waals surface area contributed by atoms with E-state index in [1.54, 1.807) is 0 Å². The van der Waals surface area contributed by atoms with Gasteiger partial charge in [-0.15, -0.1) is 0 Å². The minimum atomic E-state index is 0.249. The lowest BCUT2D eigenvalue weighted by molar-refractivity contribution is 0.309. The van der Waals surface area contributed by atoms with Crippen LogP contribution in [0.1, 0.15) is 89.5 Å². The van der Waals surface area contributed by atoms with Crippen LogP contribution in [0.3, 0.4) is 0 Å². The molecule has 0 aromatic heterocycles. The van der Waals surface area contributed by atoms with E-state index in [1.165, 1.54) is 40.7 Å². The molecule has 1 heteroatoms. The van der Waals surface area contributed by atoms with Gasteiger partial charge in [0.1, 0.15) is 5.75 Å². The number of benzene rings is 2. The third-order valence-electron chi connectivity index (χ3n) is 6.34. The molecule has 0 N–H and O–H groups in total. The Labute approximate surface area is 171 Å². The van der Waals surface area contributed by atoms with Crippen LogP contribution in [-0.4, -0.2) is 6.61 Å². The molecule has 150 valence electrons. The lowest BCUT2D eigenvalue weighted by Crippen LogP contribution is -2.33. The summed E-state index contributed by atoms with van der Waals surface area (Å²) in [6, 6.07) is 15.6. The highest BCUT2D eigenvalue weighted by Gasteiger charge is 2.36. The first kappa shape index (κ1) is 20.7. The molecule has 3 rings (SSSR count). The quantitative estimate of drug-likeness (QED) is 0.369. The maximum Gasteiger partial charge on any atom is 0.119 e. The molecule has 0 saturated heterocycles. The molecule has 0 saturated carbocycles. The molecule has 0 bridgehead atoms. The maximum atomic E-state index is 5.77. The fourth-order valence-corrected chi connectivity index (χ4v) is 4.16. The summed E-state index contributed by atoms with van der Waals surface area (Å²) >= 11 is 0. The molecule has 0 radical (unpaired) electrons. The van der Waals surface area contributed by atoms with Crippen molar-refractivity contribution in [3.05, 3.63) is 64.7 Å². The van der Waals surface area contributed by atoms with E-state index in [-0.39, 0.29) is 10.8 Å². The summed E-state index contributed by atoms with van der Waals surface area (Å²) in [4.78, 5) is 0. The Morgan fingerprint density at radius 1 is 0.929 bits per heavy atom. The molecule has 0 amide bonds. The lowest BCUT2D eigenvalue weighted by atomic mass is 9.63. The summed E-state index contributed by atoms with van der Waals surface area (Å²) in [7, 11) is 0. The molecule has 1 aliphatic rings. The van der Waals surface area contributed by atoms with Crippen molar-refractivity contribution in [2.45, 2.75) is 78.1 Å². The topological polar surface area (TPSA) is 9.23 Å². The van der Waals surface area contributed by atoms with Gasteiger partial charge in [0, 0.05) is 0 Å². The zero-order chi connectivity index (χ0) is 20.4. The first-order valence-electron chi connectivity index (χ1n) is 10.8. The van der Waals surface area contributed by atoms with Crippen LogP contribution in [0.25, 0.3) is 11.6 Å². The van der Waals surface area contributed by atoms with E-state index in [9.17, 15) is 0 Å². The van der Waals surface area contributed by atoms with Crippen LogP contribution < -0.4 is 4.74 Å². The number of fused-ring (bicyclic) bond motifs is 1. The van der Waals surface area contributed by atoms with Gasteiger partial charge < -0.3 is 4.74 Å². The van der Waals surface area contributed by atoms with Crippen LogP contribution in [0.2, 0.25) is 0 Å². The molecule has 0 spiro atoms. The van der Waals surface area contributed by atoms with Crippen molar-refractivity contribution in [2.24, 2.45) is 0 Å². The van der Waals surface area contributed by atoms with Gasteiger partial charge in [0.15, 0.2) is 0 Å². The number of ether oxygens (including phenoxy) is 1. The van der Waals surface area contributed by atoms with E-state index >= 15 is 0 Å². The Balaban J connectivity index is 1.84. The molecule has 28 heavy (non-hydrogen) atoms. The highest BCUT2D eigenvalue weighted by atomic mass is 16.5. The highest BCUT2D eigenvalue weighted by Crippen LogP contribution is 2.46. The minimum Gasteiger partial charge on any atom is -0.494 e. The Bertz CT molecular complexity index is 837. The number of rotatable bonds is 6. The van der Waals surface area contributed by atoms with Crippen molar-refractivity contribution in [1.29, 1.82) is 0 Å². The summed E-state index contributed by atoms with van der Waals surface area (Å²) in [6.07, 6.45) is 7.05. The average Bonchev–Trinajstić information content (AvgIpc) is 2.67. The van der Waals surface area contributed by atoms with Crippen LogP contribution in [0.5, 0.6) is 5.75 Å². The maximum absolute atomic E-state index is 5.77. The molecule has 1 nitrogen and oxygen atoms in total. The zero-order valence-corrected chi connectivity index (χ0v) is 18.6. The average molecular weight is 377 g/mol. The SMILES string of the molecule is CCCCOc1ccc(/C=C(/C)c2ccc3c(c2)C(C)(C)CCC3(C)C)cc1. The Morgan fingerprint density at radius 2 is 1.57 bits per heavy atom. The molecule has 0 aliphatic heterocycles. The summed E-state index contributed by atoms with van der Waals surface area (Å²) in [5.41, 5.74) is 7.42. The van der Waals surface area contributed by atoms with E-state index in [2.05, 4.69) is 90.1 Å². The van der Waals surface area contributed by atoms with Crippen molar-refractivity contribution in [3.8, 4) is 5.75 Å². The van der Waals surface area contributed by atoms with Gasteiger partial charge in [0.25, 0.3) is 0 Å².